The Kier molecular flexibility index (Phi) is 7.34. The van der Waals surface area contributed by atoms with Crippen LogP contribution in [0.1, 0.15) is 30.6 Å². The van der Waals surface area contributed by atoms with Crippen LogP contribution in [0.2, 0.25) is 0 Å². The lowest BCUT2D eigenvalue weighted by Gasteiger charge is -2.14. The minimum absolute atomic E-state index is 0.255. The Bertz CT molecular complexity index is 732. The van der Waals surface area contributed by atoms with Crippen molar-refractivity contribution in [2.45, 2.75) is 20.3 Å². The highest BCUT2D eigenvalue weighted by Gasteiger charge is 2.17. The van der Waals surface area contributed by atoms with Gasteiger partial charge in [0, 0.05) is 23.5 Å². The average molecular weight is 372 g/mol. The van der Waals surface area contributed by atoms with E-state index in [2.05, 4.69) is 24.5 Å². The van der Waals surface area contributed by atoms with Crippen LogP contribution < -0.4 is 24.8 Å². The molecule has 0 bridgehead atoms. The van der Waals surface area contributed by atoms with Gasteiger partial charge in [-0.05, 0) is 48.7 Å². The molecule has 0 unspecified atom stereocenters. The van der Waals surface area contributed by atoms with Gasteiger partial charge in [-0.2, -0.15) is 0 Å². The van der Waals surface area contributed by atoms with Gasteiger partial charge in [0.15, 0.2) is 11.5 Å². The van der Waals surface area contributed by atoms with E-state index >= 15 is 0 Å². The number of amides is 1. The minimum atomic E-state index is -0.255. The number of hydrogen-bond acceptors (Lipinski definition) is 5. The number of rotatable bonds is 9. The van der Waals surface area contributed by atoms with E-state index in [4.69, 9.17) is 14.2 Å². The Balaban J connectivity index is 2.08. The van der Waals surface area contributed by atoms with E-state index in [0.29, 0.717) is 34.4 Å². The highest BCUT2D eigenvalue weighted by molar-refractivity contribution is 6.05. The van der Waals surface area contributed by atoms with Gasteiger partial charge in [0.2, 0.25) is 5.75 Å². The Morgan fingerprint density at radius 3 is 1.96 bits per heavy atom. The van der Waals surface area contributed by atoms with E-state index in [9.17, 15) is 4.79 Å². The Labute approximate surface area is 160 Å². The van der Waals surface area contributed by atoms with Crippen molar-refractivity contribution in [2.75, 3.05) is 38.5 Å². The number of benzene rings is 2. The lowest BCUT2D eigenvalue weighted by molar-refractivity contribution is 0.102. The van der Waals surface area contributed by atoms with Crippen molar-refractivity contribution >= 4 is 17.3 Å². The van der Waals surface area contributed by atoms with Gasteiger partial charge in [-0.3, -0.25) is 4.79 Å². The molecular formula is C21H28N2O4. The molecule has 0 heterocycles. The van der Waals surface area contributed by atoms with Crippen LogP contribution in [0, 0.1) is 5.92 Å². The van der Waals surface area contributed by atoms with Crippen molar-refractivity contribution in [3.63, 3.8) is 0 Å². The summed E-state index contributed by atoms with van der Waals surface area (Å²) in [7, 11) is 4.56. The molecule has 0 aliphatic rings. The molecule has 0 atom stereocenters. The molecule has 6 nitrogen and oxygen atoms in total. The quantitative estimate of drug-likeness (QED) is 0.682. The second-order valence-corrected chi connectivity index (χ2v) is 6.55. The van der Waals surface area contributed by atoms with Crippen molar-refractivity contribution in [1.29, 1.82) is 0 Å². The maximum Gasteiger partial charge on any atom is 0.255 e. The number of methoxy groups -OCH3 is 3. The smallest absolute Gasteiger partial charge is 0.255 e. The van der Waals surface area contributed by atoms with Crippen molar-refractivity contribution < 1.29 is 19.0 Å². The number of hydrogen-bond donors (Lipinski definition) is 2. The molecule has 0 radical (unpaired) electrons. The number of carbonyl (C=O) groups is 1. The largest absolute Gasteiger partial charge is 0.493 e. The van der Waals surface area contributed by atoms with Crippen molar-refractivity contribution in [3.8, 4) is 17.2 Å². The maximum absolute atomic E-state index is 12.6. The van der Waals surface area contributed by atoms with Crippen molar-refractivity contribution in [3.05, 3.63) is 42.0 Å². The van der Waals surface area contributed by atoms with E-state index in [1.54, 1.807) is 12.1 Å². The van der Waals surface area contributed by atoms with Gasteiger partial charge in [-0.1, -0.05) is 13.8 Å². The monoisotopic (exact) mass is 372 g/mol. The maximum atomic E-state index is 12.6. The van der Waals surface area contributed by atoms with Gasteiger partial charge >= 0.3 is 0 Å². The summed E-state index contributed by atoms with van der Waals surface area (Å²) in [5.41, 5.74) is 2.16. The second-order valence-electron chi connectivity index (χ2n) is 6.55. The summed E-state index contributed by atoms with van der Waals surface area (Å²) in [4.78, 5) is 12.6. The third kappa shape index (κ3) is 5.54. The molecule has 6 heteroatoms. The van der Waals surface area contributed by atoms with Gasteiger partial charge in [0.1, 0.15) is 0 Å². The van der Waals surface area contributed by atoms with E-state index in [-0.39, 0.29) is 5.91 Å². The number of nitrogens with one attached hydrogen (secondary N) is 2. The van der Waals surface area contributed by atoms with Crippen LogP contribution in [0.4, 0.5) is 11.4 Å². The zero-order chi connectivity index (χ0) is 19.8. The van der Waals surface area contributed by atoms with E-state index in [0.717, 1.165) is 18.7 Å². The van der Waals surface area contributed by atoms with Crippen LogP contribution in [0.3, 0.4) is 0 Å². The highest BCUT2D eigenvalue weighted by atomic mass is 16.5. The van der Waals surface area contributed by atoms with E-state index in [1.165, 1.54) is 21.3 Å². The van der Waals surface area contributed by atoms with Crippen LogP contribution in [-0.2, 0) is 0 Å². The molecule has 0 aromatic heterocycles. The first kappa shape index (κ1) is 20.4. The lowest BCUT2D eigenvalue weighted by atomic mass is 10.1. The zero-order valence-electron chi connectivity index (χ0n) is 16.6. The van der Waals surface area contributed by atoms with Gasteiger partial charge in [-0.25, -0.2) is 0 Å². The molecule has 0 fully saturated rings. The molecule has 2 rings (SSSR count). The summed E-state index contributed by atoms with van der Waals surface area (Å²) in [6.45, 7) is 5.32. The standard InChI is InChI=1S/C21H28N2O4/c1-14(2)10-11-22-16-6-8-17(9-7-16)23-21(24)15-12-18(25-3)20(27-5)19(13-15)26-4/h6-9,12-14,22H,10-11H2,1-5H3,(H,23,24). The van der Waals surface area contributed by atoms with Crippen LogP contribution >= 0.6 is 0 Å². The molecule has 1 amide bonds. The SMILES string of the molecule is COc1cc(C(=O)Nc2ccc(NCCC(C)C)cc2)cc(OC)c1OC. The molecule has 0 aliphatic heterocycles. The van der Waals surface area contributed by atoms with Crippen LogP contribution in [-0.4, -0.2) is 33.8 Å². The van der Waals surface area contributed by atoms with Gasteiger partial charge < -0.3 is 24.8 Å². The summed E-state index contributed by atoms with van der Waals surface area (Å²) >= 11 is 0. The molecule has 27 heavy (non-hydrogen) atoms. The molecule has 0 saturated heterocycles. The molecule has 0 spiro atoms. The van der Waals surface area contributed by atoms with Crippen LogP contribution in [0.5, 0.6) is 17.2 Å². The molecular weight excluding hydrogens is 344 g/mol. The lowest BCUT2D eigenvalue weighted by Crippen LogP contribution is -2.12. The van der Waals surface area contributed by atoms with Gasteiger partial charge in [0.05, 0.1) is 21.3 Å². The van der Waals surface area contributed by atoms with E-state index in [1.807, 2.05) is 24.3 Å². The molecule has 2 aromatic rings. The van der Waals surface area contributed by atoms with E-state index < -0.39 is 0 Å². The molecule has 2 N–H and O–H groups in total. The first-order valence-corrected chi connectivity index (χ1v) is 8.93. The predicted octanol–water partition coefficient (Wildman–Crippen LogP) is 4.42. The Morgan fingerprint density at radius 1 is 0.926 bits per heavy atom. The summed E-state index contributed by atoms with van der Waals surface area (Å²) in [5, 5.41) is 6.25. The molecule has 0 aliphatic carbocycles. The summed E-state index contributed by atoms with van der Waals surface area (Å²) in [6.07, 6.45) is 1.11. The third-order valence-electron chi connectivity index (χ3n) is 4.12. The van der Waals surface area contributed by atoms with Gasteiger partial charge in [0.25, 0.3) is 5.91 Å². The highest BCUT2D eigenvalue weighted by Crippen LogP contribution is 2.38. The van der Waals surface area contributed by atoms with Crippen LogP contribution in [0.15, 0.2) is 36.4 Å². The first-order chi connectivity index (χ1) is 13.0. The van der Waals surface area contributed by atoms with Crippen LogP contribution in [0.25, 0.3) is 0 Å². The fourth-order valence-corrected chi connectivity index (χ4v) is 2.59. The molecule has 2 aromatic carbocycles. The average Bonchev–Trinajstić information content (AvgIpc) is 2.67. The number of ether oxygens (including phenoxy) is 3. The predicted molar refractivity (Wildman–Crippen MR) is 108 cm³/mol. The van der Waals surface area contributed by atoms with Gasteiger partial charge in [-0.15, -0.1) is 0 Å². The normalized spacial score (nSPS) is 10.4. The number of anilines is 2. The van der Waals surface area contributed by atoms with Crippen molar-refractivity contribution in [2.24, 2.45) is 5.92 Å². The minimum Gasteiger partial charge on any atom is -0.493 e. The Hall–Kier alpha value is -2.89. The fourth-order valence-electron chi connectivity index (χ4n) is 2.59. The fraction of sp³-hybridized carbons (Fsp3) is 0.381. The Morgan fingerprint density at radius 2 is 1.48 bits per heavy atom. The first-order valence-electron chi connectivity index (χ1n) is 8.93. The third-order valence-corrected chi connectivity index (χ3v) is 4.12. The zero-order valence-corrected chi connectivity index (χ0v) is 16.6. The summed E-state index contributed by atoms with van der Waals surface area (Å²) < 4.78 is 15.9. The summed E-state index contributed by atoms with van der Waals surface area (Å²) in [6, 6.07) is 10.9. The summed E-state index contributed by atoms with van der Waals surface area (Å²) in [5.74, 6) is 1.73. The number of carbonyl (C=O) groups excluding carboxylic acids is 1. The molecule has 0 saturated carbocycles. The molecule has 146 valence electrons. The second kappa shape index (κ2) is 9.71. The van der Waals surface area contributed by atoms with Crippen molar-refractivity contribution in [1.82, 2.24) is 0 Å². The topological polar surface area (TPSA) is 68.8 Å².